The Balaban J connectivity index is 1.63. The van der Waals surface area contributed by atoms with Gasteiger partial charge in [0.05, 0.1) is 0 Å². The Morgan fingerprint density at radius 2 is 1.55 bits per heavy atom. The summed E-state index contributed by atoms with van der Waals surface area (Å²) in [5.74, 6) is -0.915. The van der Waals surface area contributed by atoms with Gasteiger partial charge in [0, 0.05) is 12.6 Å². The van der Waals surface area contributed by atoms with Crippen LogP contribution in [0.4, 0.5) is 4.79 Å². The van der Waals surface area contributed by atoms with Gasteiger partial charge in [-0.3, -0.25) is 4.79 Å². The van der Waals surface area contributed by atoms with Gasteiger partial charge in [0.15, 0.2) is 0 Å². The number of ether oxygens (including phenoxy) is 1. The van der Waals surface area contributed by atoms with Crippen LogP contribution < -0.4 is 0 Å². The van der Waals surface area contributed by atoms with E-state index in [1.807, 2.05) is 91.9 Å². The summed E-state index contributed by atoms with van der Waals surface area (Å²) in [7, 11) is 0. The van der Waals surface area contributed by atoms with E-state index in [0.29, 0.717) is 12.1 Å². The molecule has 0 aliphatic carbocycles. The third-order valence-electron chi connectivity index (χ3n) is 6.53. The largest absolute Gasteiger partial charge is 0.480 e. The van der Waals surface area contributed by atoms with Gasteiger partial charge >= 0.3 is 12.1 Å². The lowest BCUT2D eigenvalue weighted by atomic mass is 9.70. The number of hydrogen-bond acceptors (Lipinski definition) is 3. The quantitative estimate of drug-likeness (QED) is 0.519. The zero-order valence-electron chi connectivity index (χ0n) is 18.8. The van der Waals surface area contributed by atoms with Crippen molar-refractivity contribution in [2.24, 2.45) is 0 Å². The molecule has 0 radical (unpaired) electrons. The molecular weight excluding hydrogens is 414 g/mol. The molecule has 3 aromatic carbocycles. The van der Waals surface area contributed by atoms with Crippen molar-refractivity contribution in [1.82, 2.24) is 4.90 Å². The number of carboxylic acid groups (broad SMARTS) is 1. The van der Waals surface area contributed by atoms with Crippen LogP contribution in [0.5, 0.6) is 0 Å². The lowest BCUT2D eigenvalue weighted by molar-refractivity contribution is -0.143. The number of benzene rings is 3. The number of rotatable bonds is 7. The number of nitrogens with zero attached hydrogens (tertiary/aromatic N) is 1. The van der Waals surface area contributed by atoms with Crippen molar-refractivity contribution < 1.29 is 19.4 Å². The molecule has 1 saturated heterocycles. The van der Waals surface area contributed by atoms with E-state index in [0.717, 1.165) is 29.5 Å². The first-order valence-corrected chi connectivity index (χ1v) is 11.3. The highest BCUT2D eigenvalue weighted by Gasteiger charge is 2.46. The number of carbonyl (C=O) groups is 2. The first kappa shape index (κ1) is 22.6. The molecule has 33 heavy (non-hydrogen) atoms. The van der Waals surface area contributed by atoms with E-state index in [4.69, 9.17) is 4.74 Å². The Labute approximate surface area is 194 Å². The van der Waals surface area contributed by atoms with Crippen LogP contribution in [0.2, 0.25) is 0 Å². The average molecular weight is 444 g/mol. The van der Waals surface area contributed by atoms with Crippen molar-refractivity contribution in [3.05, 3.63) is 107 Å². The van der Waals surface area contributed by atoms with E-state index < -0.39 is 17.5 Å². The van der Waals surface area contributed by atoms with Crippen LogP contribution in [0.1, 0.15) is 41.5 Å². The molecule has 1 aliphatic rings. The van der Waals surface area contributed by atoms with E-state index in [9.17, 15) is 14.7 Å². The highest BCUT2D eigenvalue weighted by atomic mass is 16.6. The van der Waals surface area contributed by atoms with Gasteiger partial charge in [0.25, 0.3) is 0 Å². The number of carbonyl (C=O) groups excluding carboxylic acids is 1. The molecule has 5 heteroatoms. The summed E-state index contributed by atoms with van der Waals surface area (Å²) in [5.41, 5.74) is 2.16. The number of aryl methyl sites for hydroxylation is 1. The van der Waals surface area contributed by atoms with Crippen LogP contribution in [-0.4, -0.2) is 34.7 Å². The van der Waals surface area contributed by atoms with Crippen molar-refractivity contribution in [2.75, 3.05) is 6.54 Å². The molecule has 1 fully saturated rings. The molecule has 3 aromatic rings. The minimum atomic E-state index is -1.26. The van der Waals surface area contributed by atoms with E-state index in [2.05, 4.69) is 0 Å². The minimum Gasteiger partial charge on any atom is -0.480 e. The van der Waals surface area contributed by atoms with Gasteiger partial charge in [-0.05, 0) is 42.9 Å². The molecule has 170 valence electrons. The number of amides is 1. The Morgan fingerprint density at radius 3 is 2.18 bits per heavy atom. The summed E-state index contributed by atoms with van der Waals surface area (Å²) in [4.78, 5) is 27.6. The molecular formula is C28H29NO4. The first-order chi connectivity index (χ1) is 16.0. The molecule has 0 aromatic heterocycles. The van der Waals surface area contributed by atoms with Crippen LogP contribution in [0.25, 0.3) is 0 Å². The molecule has 1 aliphatic heterocycles. The zero-order valence-corrected chi connectivity index (χ0v) is 18.8. The maximum absolute atomic E-state index is 13.0. The fraction of sp³-hybridized carbons (Fsp3) is 0.286. The topological polar surface area (TPSA) is 66.8 Å². The second kappa shape index (κ2) is 9.90. The SMILES string of the molecule is Cc1ccc(C(CC2CCCN2C(=O)OCc2ccccc2)(C(=O)O)c2ccccc2)cc1. The minimum absolute atomic E-state index is 0.198. The Bertz CT molecular complexity index is 1080. The van der Waals surface area contributed by atoms with E-state index in [1.54, 1.807) is 4.90 Å². The highest BCUT2D eigenvalue weighted by molar-refractivity contribution is 5.86. The lowest BCUT2D eigenvalue weighted by Gasteiger charge is -2.36. The highest BCUT2D eigenvalue weighted by Crippen LogP contribution is 2.40. The normalized spacial score (nSPS) is 17.4. The van der Waals surface area contributed by atoms with Crippen LogP contribution >= 0.6 is 0 Å². The standard InChI is InChI=1S/C28H29NO4/c1-21-14-16-24(17-15-21)28(26(30)31,23-11-6-3-7-12-23)19-25-13-8-18-29(25)27(32)33-20-22-9-4-2-5-10-22/h2-7,9-12,14-17,25H,8,13,18-20H2,1H3,(H,30,31). The van der Waals surface area contributed by atoms with Crippen LogP contribution in [0.15, 0.2) is 84.9 Å². The molecule has 2 unspecified atom stereocenters. The predicted molar refractivity (Wildman–Crippen MR) is 127 cm³/mol. The maximum Gasteiger partial charge on any atom is 0.410 e. The smallest absolute Gasteiger partial charge is 0.410 e. The maximum atomic E-state index is 13.0. The molecule has 5 nitrogen and oxygen atoms in total. The van der Waals surface area contributed by atoms with Crippen molar-refractivity contribution in [1.29, 1.82) is 0 Å². The summed E-state index contributed by atoms with van der Waals surface area (Å²) < 4.78 is 5.58. The second-order valence-corrected chi connectivity index (χ2v) is 8.68. The number of hydrogen-bond donors (Lipinski definition) is 1. The van der Waals surface area contributed by atoms with Gasteiger partial charge in [-0.15, -0.1) is 0 Å². The molecule has 0 spiro atoms. The second-order valence-electron chi connectivity index (χ2n) is 8.68. The van der Waals surface area contributed by atoms with E-state index >= 15 is 0 Å². The van der Waals surface area contributed by atoms with Gasteiger partial charge in [-0.1, -0.05) is 90.5 Å². The average Bonchev–Trinajstić information content (AvgIpc) is 3.31. The van der Waals surface area contributed by atoms with Gasteiger partial charge < -0.3 is 14.7 Å². The molecule has 4 rings (SSSR count). The van der Waals surface area contributed by atoms with Gasteiger partial charge in [-0.2, -0.15) is 0 Å². The van der Waals surface area contributed by atoms with Gasteiger partial charge in [0.2, 0.25) is 0 Å². The molecule has 0 bridgehead atoms. The van der Waals surface area contributed by atoms with Crippen molar-refractivity contribution in [3.63, 3.8) is 0 Å². The Kier molecular flexibility index (Phi) is 6.78. The Hall–Kier alpha value is -3.60. The third kappa shape index (κ3) is 4.77. The van der Waals surface area contributed by atoms with E-state index in [1.165, 1.54) is 0 Å². The predicted octanol–water partition coefficient (Wildman–Crippen LogP) is 5.56. The number of carboxylic acids is 1. The summed E-state index contributed by atoms with van der Waals surface area (Å²) >= 11 is 0. The van der Waals surface area contributed by atoms with Crippen molar-refractivity contribution >= 4 is 12.1 Å². The van der Waals surface area contributed by atoms with Crippen LogP contribution in [-0.2, 0) is 21.6 Å². The number of aliphatic carboxylic acids is 1. The summed E-state index contributed by atoms with van der Waals surface area (Å²) in [6.07, 6.45) is 1.46. The monoisotopic (exact) mass is 443 g/mol. The molecule has 2 atom stereocenters. The molecule has 1 N–H and O–H groups in total. The van der Waals surface area contributed by atoms with Gasteiger partial charge in [-0.25, -0.2) is 4.79 Å². The number of likely N-dealkylation sites (tertiary alicyclic amines) is 1. The van der Waals surface area contributed by atoms with E-state index in [-0.39, 0.29) is 19.1 Å². The summed E-state index contributed by atoms with van der Waals surface area (Å²) in [5, 5.41) is 10.6. The Morgan fingerprint density at radius 1 is 0.939 bits per heavy atom. The van der Waals surface area contributed by atoms with Crippen molar-refractivity contribution in [2.45, 2.75) is 44.2 Å². The molecule has 1 amide bonds. The van der Waals surface area contributed by atoms with Crippen LogP contribution in [0, 0.1) is 6.92 Å². The summed E-state index contributed by atoms with van der Waals surface area (Å²) in [6.45, 7) is 2.75. The zero-order chi connectivity index (χ0) is 23.3. The summed E-state index contributed by atoms with van der Waals surface area (Å²) in [6, 6.07) is 26.3. The lowest BCUT2D eigenvalue weighted by Crippen LogP contribution is -2.45. The third-order valence-corrected chi connectivity index (χ3v) is 6.53. The molecule has 0 saturated carbocycles. The van der Waals surface area contributed by atoms with Crippen molar-refractivity contribution in [3.8, 4) is 0 Å². The van der Waals surface area contributed by atoms with Crippen LogP contribution in [0.3, 0.4) is 0 Å². The fourth-order valence-corrected chi connectivity index (χ4v) is 4.74. The van der Waals surface area contributed by atoms with Gasteiger partial charge in [0.1, 0.15) is 12.0 Å². The molecule has 1 heterocycles. The first-order valence-electron chi connectivity index (χ1n) is 11.3. The fourth-order valence-electron chi connectivity index (χ4n) is 4.74.